The molecule has 1 radical (unpaired) electrons. The standard InChI is InChI=1S/C35H22BN2O4/c1-40-33-29(42-36-39)18-17-27-31-34(41-32(27)33)30(20-9-3-2-4-10-20)37-35(38-31)21-15-16-26-24-13-6-5-11-22(24)23-12-7-8-14-25(23)28(26)19-21/h2-19,39H,1H3. The van der Waals surface area contributed by atoms with Gasteiger partial charge in [-0.25, -0.2) is 9.97 Å². The molecule has 0 aliphatic carbocycles. The summed E-state index contributed by atoms with van der Waals surface area (Å²) in [4.78, 5) is 10.1. The Bertz CT molecular complexity index is 2280. The fourth-order valence-electron chi connectivity index (χ4n) is 5.97. The SMILES string of the molecule is COc1c(O[B]O)ccc2c1oc1c(-c3ccccc3)nc(-c3ccc4c5ccccc5c5ccccc5c4c3)nc12. The molecule has 6 aromatic carbocycles. The monoisotopic (exact) mass is 545 g/mol. The van der Waals surface area contributed by atoms with Gasteiger partial charge in [-0.2, -0.15) is 0 Å². The van der Waals surface area contributed by atoms with Crippen molar-refractivity contribution in [3.05, 3.63) is 109 Å². The number of rotatable bonds is 5. The van der Waals surface area contributed by atoms with E-state index in [0.29, 0.717) is 47.4 Å². The van der Waals surface area contributed by atoms with Crippen LogP contribution in [-0.4, -0.2) is 29.8 Å². The second-order valence-electron chi connectivity index (χ2n) is 10.1. The zero-order valence-electron chi connectivity index (χ0n) is 22.5. The Morgan fingerprint density at radius 3 is 1.90 bits per heavy atom. The molecule has 8 aromatic rings. The molecule has 6 nitrogen and oxygen atoms in total. The number of fused-ring (bicyclic) bond motifs is 9. The van der Waals surface area contributed by atoms with Crippen LogP contribution in [0.2, 0.25) is 0 Å². The highest BCUT2D eigenvalue weighted by Gasteiger charge is 2.22. The van der Waals surface area contributed by atoms with Crippen LogP contribution in [0.25, 0.3) is 77.0 Å². The van der Waals surface area contributed by atoms with Crippen molar-refractivity contribution in [2.24, 2.45) is 0 Å². The van der Waals surface area contributed by atoms with E-state index in [1.54, 1.807) is 6.07 Å². The summed E-state index contributed by atoms with van der Waals surface area (Å²) in [6.07, 6.45) is 0. The smallest absolute Gasteiger partial charge is 0.535 e. The molecule has 2 aromatic heterocycles. The van der Waals surface area contributed by atoms with Crippen LogP contribution in [-0.2, 0) is 0 Å². The molecule has 8 rings (SSSR count). The minimum Gasteiger partial charge on any atom is -0.535 e. The Morgan fingerprint density at radius 1 is 0.619 bits per heavy atom. The van der Waals surface area contributed by atoms with Gasteiger partial charge < -0.3 is 18.8 Å². The highest BCUT2D eigenvalue weighted by molar-refractivity contribution is 6.25. The lowest BCUT2D eigenvalue weighted by Gasteiger charge is -2.12. The largest absolute Gasteiger partial charge is 0.569 e. The van der Waals surface area contributed by atoms with E-state index in [0.717, 1.165) is 21.9 Å². The number of hydrogen-bond donors (Lipinski definition) is 1. The molecule has 0 bridgehead atoms. The molecular formula is C35H22BN2O4. The van der Waals surface area contributed by atoms with Gasteiger partial charge in [0.1, 0.15) is 17.0 Å². The van der Waals surface area contributed by atoms with Crippen molar-refractivity contribution in [3.63, 3.8) is 0 Å². The fraction of sp³-hybridized carbons (Fsp3) is 0.0286. The van der Waals surface area contributed by atoms with Crippen molar-refractivity contribution in [1.29, 1.82) is 0 Å². The lowest BCUT2D eigenvalue weighted by molar-refractivity contribution is 0.380. The fourth-order valence-corrected chi connectivity index (χ4v) is 5.97. The average Bonchev–Trinajstić information content (AvgIpc) is 3.43. The maximum Gasteiger partial charge on any atom is 0.569 e. The first kappa shape index (κ1) is 24.4. The molecule has 0 aliphatic rings. The van der Waals surface area contributed by atoms with E-state index >= 15 is 0 Å². The zero-order valence-corrected chi connectivity index (χ0v) is 22.5. The zero-order chi connectivity index (χ0) is 28.2. The average molecular weight is 545 g/mol. The topological polar surface area (TPSA) is 77.6 Å². The maximum absolute atomic E-state index is 9.25. The molecule has 0 atom stereocenters. The molecule has 199 valence electrons. The van der Waals surface area contributed by atoms with Crippen LogP contribution < -0.4 is 9.39 Å². The van der Waals surface area contributed by atoms with Crippen LogP contribution in [0.15, 0.2) is 114 Å². The Balaban J connectivity index is 1.44. The van der Waals surface area contributed by atoms with E-state index in [2.05, 4.69) is 66.7 Å². The van der Waals surface area contributed by atoms with Crippen molar-refractivity contribution >= 4 is 62.1 Å². The second-order valence-corrected chi connectivity index (χ2v) is 10.1. The first-order valence-electron chi connectivity index (χ1n) is 13.6. The number of nitrogens with zero attached hydrogens (tertiary/aromatic N) is 2. The molecule has 42 heavy (non-hydrogen) atoms. The molecule has 0 amide bonds. The van der Waals surface area contributed by atoms with E-state index in [9.17, 15) is 5.02 Å². The molecule has 0 unspecified atom stereocenters. The van der Waals surface area contributed by atoms with E-state index in [4.69, 9.17) is 23.8 Å². The molecule has 0 saturated carbocycles. The van der Waals surface area contributed by atoms with Gasteiger partial charge in [-0.3, -0.25) is 0 Å². The van der Waals surface area contributed by atoms with Crippen molar-refractivity contribution in [2.45, 2.75) is 0 Å². The van der Waals surface area contributed by atoms with Crippen molar-refractivity contribution < 1.29 is 18.8 Å². The minimum atomic E-state index is 0.328. The minimum absolute atomic E-state index is 0.328. The van der Waals surface area contributed by atoms with E-state index in [1.165, 1.54) is 34.0 Å². The van der Waals surface area contributed by atoms with Crippen molar-refractivity contribution in [1.82, 2.24) is 9.97 Å². The van der Waals surface area contributed by atoms with Crippen LogP contribution in [0.3, 0.4) is 0 Å². The van der Waals surface area contributed by atoms with Crippen LogP contribution in [0.5, 0.6) is 11.5 Å². The van der Waals surface area contributed by atoms with Crippen molar-refractivity contribution in [2.75, 3.05) is 7.11 Å². The summed E-state index contributed by atoms with van der Waals surface area (Å²) >= 11 is 0. The third-order valence-electron chi connectivity index (χ3n) is 7.83. The normalized spacial score (nSPS) is 11.6. The summed E-state index contributed by atoms with van der Waals surface area (Å²) in [7, 11) is 2.15. The predicted molar refractivity (Wildman–Crippen MR) is 168 cm³/mol. The van der Waals surface area contributed by atoms with Gasteiger partial charge in [-0.05, 0) is 50.5 Å². The molecule has 0 fully saturated rings. The Morgan fingerprint density at radius 2 is 1.24 bits per heavy atom. The number of furan rings is 1. The molecule has 7 heteroatoms. The summed E-state index contributed by atoms with van der Waals surface area (Å²) in [5, 5.41) is 17.2. The van der Waals surface area contributed by atoms with E-state index < -0.39 is 0 Å². The third-order valence-corrected chi connectivity index (χ3v) is 7.83. The van der Waals surface area contributed by atoms with Gasteiger partial charge in [0, 0.05) is 11.1 Å². The second kappa shape index (κ2) is 9.61. The Labute approximate surface area is 241 Å². The number of hydrogen-bond acceptors (Lipinski definition) is 6. The number of ether oxygens (including phenoxy) is 1. The highest BCUT2D eigenvalue weighted by Crippen LogP contribution is 2.43. The van der Waals surface area contributed by atoms with Gasteiger partial charge in [0.25, 0.3) is 0 Å². The summed E-state index contributed by atoms with van der Waals surface area (Å²) < 4.78 is 17.3. The summed E-state index contributed by atoms with van der Waals surface area (Å²) in [6, 6.07) is 37.0. The van der Waals surface area contributed by atoms with Gasteiger partial charge in [0.2, 0.25) is 5.75 Å². The molecule has 0 saturated heterocycles. The van der Waals surface area contributed by atoms with Gasteiger partial charge in [0.05, 0.1) is 12.5 Å². The summed E-state index contributed by atoms with van der Waals surface area (Å²) in [6.45, 7) is 0. The number of methoxy groups -OCH3 is 1. The molecule has 0 spiro atoms. The highest BCUT2D eigenvalue weighted by atomic mass is 16.5. The van der Waals surface area contributed by atoms with Gasteiger partial charge in [-0.15, -0.1) is 0 Å². The Kier molecular flexibility index (Phi) is 5.58. The maximum atomic E-state index is 9.25. The van der Waals surface area contributed by atoms with Crippen molar-refractivity contribution in [3.8, 4) is 34.1 Å². The molecule has 2 heterocycles. The van der Waals surface area contributed by atoms with Gasteiger partial charge >= 0.3 is 7.69 Å². The van der Waals surface area contributed by atoms with Gasteiger partial charge in [0.15, 0.2) is 17.0 Å². The molecular weight excluding hydrogens is 523 g/mol. The predicted octanol–water partition coefficient (Wildman–Crippen LogP) is 8.08. The quantitative estimate of drug-likeness (QED) is 0.174. The summed E-state index contributed by atoms with van der Waals surface area (Å²) in [5.41, 5.74) is 4.15. The van der Waals surface area contributed by atoms with Crippen LogP contribution in [0, 0.1) is 0 Å². The summed E-state index contributed by atoms with van der Waals surface area (Å²) in [5.74, 6) is 1.28. The van der Waals surface area contributed by atoms with Crippen LogP contribution >= 0.6 is 0 Å². The third kappa shape index (κ3) is 3.64. The first-order valence-corrected chi connectivity index (χ1v) is 13.6. The van der Waals surface area contributed by atoms with Crippen LogP contribution in [0.4, 0.5) is 0 Å². The molecule has 1 N–H and O–H groups in total. The van der Waals surface area contributed by atoms with Gasteiger partial charge in [-0.1, -0.05) is 91.0 Å². The lowest BCUT2D eigenvalue weighted by Crippen LogP contribution is -2.01. The lowest BCUT2D eigenvalue weighted by atomic mass is 9.93. The number of aromatic nitrogens is 2. The first-order chi connectivity index (χ1) is 20.7. The van der Waals surface area contributed by atoms with Crippen LogP contribution in [0.1, 0.15) is 0 Å². The number of benzene rings is 6. The van der Waals surface area contributed by atoms with E-state index in [-0.39, 0.29) is 0 Å². The van der Waals surface area contributed by atoms with E-state index in [1.807, 2.05) is 36.4 Å². The Hall–Kier alpha value is -5.40. The molecule has 0 aliphatic heterocycles.